The van der Waals surface area contributed by atoms with Gasteiger partial charge in [-0.1, -0.05) is 187 Å². The molecule has 2 N–H and O–H groups in total. The summed E-state index contributed by atoms with van der Waals surface area (Å²) < 4.78 is 23.2. The summed E-state index contributed by atoms with van der Waals surface area (Å²) in [4.78, 5) is 25.3. The Bertz CT molecular complexity index is 794. The molecule has 0 aliphatic carbocycles. The molecule has 0 aliphatic heterocycles. The first-order chi connectivity index (χ1) is 24.0. The fraction of sp³-hybridized carbons (Fsp3) is 0.976. The monoisotopic (exact) mass is 733 g/mol. The van der Waals surface area contributed by atoms with Crippen molar-refractivity contribution in [3.63, 3.8) is 0 Å². The van der Waals surface area contributed by atoms with E-state index >= 15 is 0 Å². The Hall–Kier alpha value is -0.500. The number of unbranched alkanes of at least 4 members (excludes halogenated alkanes) is 26. The number of nitrogens with zero attached hydrogens (tertiary/aromatic N) is 1. The number of aliphatic hydroxyl groups excluding tert-OH is 1. The first-order valence-corrected chi connectivity index (χ1v) is 22.8. The molecule has 0 radical (unpaired) electrons. The van der Waals surface area contributed by atoms with Gasteiger partial charge in [-0.2, -0.15) is 0 Å². The molecule has 0 saturated carbocycles. The van der Waals surface area contributed by atoms with E-state index in [1.165, 1.54) is 141 Å². The van der Waals surface area contributed by atoms with Crippen LogP contribution in [0.25, 0.3) is 0 Å². The average molecular weight is 733 g/mol. The van der Waals surface area contributed by atoms with Gasteiger partial charge in [-0.05, 0) is 12.8 Å². The highest BCUT2D eigenvalue weighted by Gasteiger charge is 2.24. The van der Waals surface area contributed by atoms with Crippen molar-refractivity contribution >= 4 is 13.7 Å². The summed E-state index contributed by atoms with van der Waals surface area (Å²) in [7, 11) is 1.31. The topological polar surface area (TPSA) is 108 Å². The molecule has 0 aliphatic rings. The number of carbonyl (C=O) groups is 1. The van der Waals surface area contributed by atoms with Gasteiger partial charge in [0, 0.05) is 6.42 Å². The van der Waals surface area contributed by atoms with E-state index in [0.29, 0.717) is 23.9 Å². The lowest BCUT2D eigenvalue weighted by atomic mass is 10.0. The summed E-state index contributed by atoms with van der Waals surface area (Å²) in [5.74, 6) is -0.163. The number of carbonyl (C=O) groups excluding carboxylic acids is 1. The van der Waals surface area contributed by atoms with Gasteiger partial charge >= 0.3 is 0 Å². The van der Waals surface area contributed by atoms with Gasteiger partial charge < -0.3 is 28.8 Å². The highest BCUT2D eigenvalue weighted by molar-refractivity contribution is 7.45. The molecule has 0 aromatic heterocycles. The molecule has 0 rings (SSSR count). The van der Waals surface area contributed by atoms with Crippen LogP contribution in [0.15, 0.2) is 0 Å². The number of rotatable bonds is 39. The minimum absolute atomic E-state index is 0.0159. The third kappa shape index (κ3) is 35.9. The molecule has 8 nitrogen and oxygen atoms in total. The zero-order valence-electron chi connectivity index (χ0n) is 33.9. The van der Waals surface area contributed by atoms with Gasteiger partial charge in [-0.25, -0.2) is 0 Å². The molecule has 0 aromatic rings. The number of phosphoric ester groups is 1. The molecule has 9 heteroatoms. The van der Waals surface area contributed by atoms with Crippen LogP contribution < -0.4 is 10.2 Å². The van der Waals surface area contributed by atoms with Crippen molar-refractivity contribution in [1.82, 2.24) is 5.32 Å². The highest BCUT2D eigenvalue weighted by Crippen LogP contribution is 2.38. The Balaban J connectivity index is 4.36. The number of amides is 1. The molecule has 0 fully saturated rings. The van der Waals surface area contributed by atoms with E-state index in [4.69, 9.17) is 9.05 Å². The SMILES string of the molecule is CCCCCCCCCCCCCCCCCC(=O)N[C@@H](COP(=O)([O-])OCC[N+](C)(C)C)[C@H](O)CCCCCCCCCCCCCCC. The maximum Gasteiger partial charge on any atom is 0.268 e. The van der Waals surface area contributed by atoms with E-state index in [0.717, 1.165) is 38.5 Å². The number of likely N-dealkylation sites (N-methyl/N-ethyl adjacent to an activating group) is 1. The lowest BCUT2D eigenvalue weighted by Gasteiger charge is -2.30. The molecule has 1 amide bonds. The van der Waals surface area contributed by atoms with Crippen molar-refractivity contribution < 1.29 is 32.9 Å². The summed E-state index contributed by atoms with van der Waals surface area (Å²) in [5, 5.41) is 13.9. The second-order valence-corrected chi connectivity index (χ2v) is 17.5. The van der Waals surface area contributed by atoms with Crippen LogP contribution in [0, 0.1) is 0 Å². The lowest BCUT2D eigenvalue weighted by Crippen LogP contribution is -2.46. The number of hydrogen-bond donors (Lipinski definition) is 2. The number of quaternary nitrogens is 1. The summed E-state index contributed by atoms with van der Waals surface area (Å²) in [6.45, 7) is 4.73. The van der Waals surface area contributed by atoms with E-state index in [9.17, 15) is 19.4 Å². The van der Waals surface area contributed by atoms with Crippen LogP contribution in [0.2, 0.25) is 0 Å². The molecule has 0 saturated heterocycles. The molecule has 50 heavy (non-hydrogen) atoms. The Kier molecular flexibility index (Phi) is 33.9. The second kappa shape index (κ2) is 34.3. The van der Waals surface area contributed by atoms with Gasteiger partial charge in [0.1, 0.15) is 13.2 Å². The quantitative estimate of drug-likeness (QED) is 0.0370. The molecule has 0 heterocycles. The van der Waals surface area contributed by atoms with Crippen molar-refractivity contribution in [3.8, 4) is 0 Å². The minimum Gasteiger partial charge on any atom is -0.756 e. The van der Waals surface area contributed by atoms with Gasteiger partial charge in [0.15, 0.2) is 0 Å². The van der Waals surface area contributed by atoms with Gasteiger partial charge in [0.25, 0.3) is 7.82 Å². The number of phosphoric acid groups is 1. The van der Waals surface area contributed by atoms with Crippen LogP contribution in [0.1, 0.15) is 206 Å². The van der Waals surface area contributed by atoms with Gasteiger partial charge in [-0.15, -0.1) is 0 Å². The standard InChI is InChI=1S/C41H85N2O6P/c1-6-8-10-12-14-16-18-20-21-23-25-27-29-31-33-35-41(45)42-39(38-49-50(46,47)48-37-36-43(3,4)5)40(44)34-32-30-28-26-24-22-19-17-15-13-11-9-7-2/h39-40,44H,6-38H2,1-5H3,(H-,42,45,46,47)/t39-,40+/m0/s1. The summed E-state index contributed by atoms with van der Waals surface area (Å²) >= 11 is 0. The Morgan fingerprint density at radius 3 is 1.36 bits per heavy atom. The third-order valence-corrected chi connectivity index (χ3v) is 10.8. The van der Waals surface area contributed by atoms with Crippen LogP contribution in [-0.2, 0) is 18.4 Å². The fourth-order valence-electron chi connectivity index (χ4n) is 6.39. The lowest BCUT2D eigenvalue weighted by molar-refractivity contribution is -0.870. The zero-order valence-corrected chi connectivity index (χ0v) is 34.8. The van der Waals surface area contributed by atoms with E-state index < -0.39 is 20.0 Å². The first kappa shape index (κ1) is 49.5. The van der Waals surface area contributed by atoms with Crippen LogP contribution in [-0.4, -0.2) is 68.5 Å². The summed E-state index contributed by atoms with van der Waals surface area (Å²) in [5.41, 5.74) is 0. The number of hydrogen-bond acceptors (Lipinski definition) is 6. The average Bonchev–Trinajstić information content (AvgIpc) is 3.06. The van der Waals surface area contributed by atoms with Crippen molar-refractivity contribution in [1.29, 1.82) is 0 Å². The van der Waals surface area contributed by atoms with Crippen LogP contribution in [0.5, 0.6) is 0 Å². The summed E-state index contributed by atoms with van der Waals surface area (Å²) in [6, 6.07) is -0.791. The maximum absolute atomic E-state index is 12.8. The molecule has 1 unspecified atom stereocenters. The Morgan fingerprint density at radius 1 is 0.620 bits per heavy atom. The van der Waals surface area contributed by atoms with Crippen LogP contribution in [0.4, 0.5) is 0 Å². The molecule has 0 aromatic carbocycles. The second-order valence-electron chi connectivity index (χ2n) is 16.1. The number of aliphatic hydroxyl groups is 1. The normalized spacial score (nSPS) is 14.5. The Morgan fingerprint density at radius 2 is 0.980 bits per heavy atom. The van der Waals surface area contributed by atoms with Crippen molar-refractivity contribution in [2.45, 2.75) is 219 Å². The number of nitrogens with one attached hydrogen (secondary N) is 1. The zero-order chi connectivity index (χ0) is 37.2. The third-order valence-electron chi connectivity index (χ3n) is 9.85. The molecular weight excluding hydrogens is 647 g/mol. The van der Waals surface area contributed by atoms with Gasteiger partial charge in [0.05, 0.1) is 39.9 Å². The van der Waals surface area contributed by atoms with E-state index in [-0.39, 0.29) is 19.1 Å². The fourth-order valence-corrected chi connectivity index (χ4v) is 7.12. The van der Waals surface area contributed by atoms with Gasteiger partial charge in [0.2, 0.25) is 5.91 Å². The molecule has 300 valence electrons. The highest BCUT2D eigenvalue weighted by atomic mass is 31.2. The molecule has 0 bridgehead atoms. The van der Waals surface area contributed by atoms with E-state index in [2.05, 4.69) is 19.2 Å². The molecule has 0 spiro atoms. The Labute approximate surface area is 310 Å². The maximum atomic E-state index is 12.8. The molecular formula is C41H85N2O6P. The van der Waals surface area contributed by atoms with Crippen molar-refractivity contribution in [3.05, 3.63) is 0 Å². The first-order valence-electron chi connectivity index (χ1n) is 21.4. The van der Waals surface area contributed by atoms with Crippen molar-refractivity contribution in [2.24, 2.45) is 0 Å². The smallest absolute Gasteiger partial charge is 0.268 e. The minimum atomic E-state index is -4.55. The van der Waals surface area contributed by atoms with Gasteiger partial charge in [-0.3, -0.25) is 9.36 Å². The van der Waals surface area contributed by atoms with E-state index in [1.54, 1.807) is 0 Å². The van der Waals surface area contributed by atoms with E-state index in [1.807, 2.05) is 21.1 Å². The van der Waals surface area contributed by atoms with Crippen molar-refractivity contribution in [2.75, 3.05) is 40.9 Å². The predicted molar refractivity (Wildman–Crippen MR) is 210 cm³/mol. The predicted octanol–water partition coefficient (Wildman–Crippen LogP) is 10.8. The van der Waals surface area contributed by atoms with Crippen LogP contribution in [0.3, 0.4) is 0 Å². The summed E-state index contributed by atoms with van der Waals surface area (Å²) in [6.07, 6.45) is 35.2. The van der Waals surface area contributed by atoms with Crippen LogP contribution >= 0.6 is 7.82 Å². The molecule has 3 atom stereocenters. The largest absolute Gasteiger partial charge is 0.756 e.